The highest BCUT2D eigenvalue weighted by molar-refractivity contribution is 7.09. The van der Waals surface area contributed by atoms with E-state index in [1.165, 1.54) is 18.0 Å². The molecule has 0 aliphatic carbocycles. The van der Waals surface area contributed by atoms with Gasteiger partial charge in [-0.3, -0.25) is 0 Å². The van der Waals surface area contributed by atoms with Crippen molar-refractivity contribution in [2.24, 2.45) is 0 Å². The van der Waals surface area contributed by atoms with E-state index in [0.29, 0.717) is 5.88 Å². The standard InChI is InChI=1S/C12H19ClN2OS/c13-9-11-10-17-12(14-11)3-1-4-15-5-2-7-16-8-6-15/h10H,1-9H2. The van der Waals surface area contributed by atoms with Gasteiger partial charge in [-0.1, -0.05) is 0 Å². The first-order valence-electron chi connectivity index (χ1n) is 6.18. The average Bonchev–Trinajstić information content (AvgIpc) is 2.65. The minimum Gasteiger partial charge on any atom is -0.380 e. The largest absolute Gasteiger partial charge is 0.380 e. The molecule has 0 radical (unpaired) electrons. The van der Waals surface area contributed by atoms with Gasteiger partial charge < -0.3 is 9.64 Å². The SMILES string of the molecule is ClCc1csc(CCCN2CCCOCC2)n1. The van der Waals surface area contributed by atoms with Gasteiger partial charge in [-0.15, -0.1) is 22.9 Å². The first kappa shape index (κ1) is 13.3. The van der Waals surface area contributed by atoms with Crippen molar-refractivity contribution < 1.29 is 4.74 Å². The van der Waals surface area contributed by atoms with Crippen molar-refractivity contribution in [3.8, 4) is 0 Å². The lowest BCUT2D eigenvalue weighted by Crippen LogP contribution is -2.27. The van der Waals surface area contributed by atoms with E-state index in [1.807, 2.05) is 0 Å². The number of thiazole rings is 1. The van der Waals surface area contributed by atoms with Gasteiger partial charge >= 0.3 is 0 Å². The molecule has 0 spiro atoms. The Morgan fingerprint density at radius 2 is 2.35 bits per heavy atom. The van der Waals surface area contributed by atoms with E-state index in [0.717, 1.165) is 44.8 Å². The summed E-state index contributed by atoms with van der Waals surface area (Å²) in [5.41, 5.74) is 1.01. The maximum atomic E-state index is 5.74. The second kappa shape index (κ2) is 7.31. The third kappa shape index (κ3) is 4.54. The molecule has 1 aliphatic heterocycles. The molecule has 0 unspecified atom stereocenters. The molecule has 0 atom stereocenters. The van der Waals surface area contributed by atoms with Crippen LogP contribution in [0.25, 0.3) is 0 Å². The summed E-state index contributed by atoms with van der Waals surface area (Å²) in [5, 5.41) is 3.27. The molecule has 0 aromatic carbocycles. The van der Waals surface area contributed by atoms with Crippen molar-refractivity contribution in [3.05, 3.63) is 16.1 Å². The second-order valence-corrected chi connectivity index (χ2v) is 5.49. The van der Waals surface area contributed by atoms with Gasteiger partial charge in [0, 0.05) is 31.5 Å². The number of alkyl halides is 1. The lowest BCUT2D eigenvalue weighted by Gasteiger charge is -2.18. The maximum Gasteiger partial charge on any atom is 0.0929 e. The molecule has 0 bridgehead atoms. The topological polar surface area (TPSA) is 25.4 Å². The number of rotatable bonds is 5. The third-order valence-corrected chi connectivity index (χ3v) is 4.15. The molecule has 96 valence electrons. The summed E-state index contributed by atoms with van der Waals surface area (Å²) in [6.45, 7) is 5.20. The van der Waals surface area contributed by atoms with Crippen molar-refractivity contribution in [1.29, 1.82) is 0 Å². The van der Waals surface area contributed by atoms with Crippen LogP contribution in [0.15, 0.2) is 5.38 Å². The number of hydrogen-bond donors (Lipinski definition) is 0. The molecule has 2 rings (SSSR count). The van der Waals surface area contributed by atoms with Gasteiger partial charge in [0.25, 0.3) is 0 Å². The van der Waals surface area contributed by atoms with Crippen LogP contribution in [0.4, 0.5) is 0 Å². The molecule has 3 nitrogen and oxygen atoms in total. The minimum absolute atomic E-state index is 0.528. The molecule has 1 fully saturated rings. The molecular weight excluding hydrogens is 256 g/mol. The van der Waals surface area contributed by atoms with E-state index >= 15 is 0 Å². The lowest BCUT2D eigenvalue weighted by atomic mass is 10.3. The summed E-state index contributed by atoms with van der Waals surface area (Å²) in [6, 6.07) is 0. The van der Waals surface area contributed by atoms with Gasteiger partial charge in [0.2, 0.25) is 0 Å². The zero-order valence-electron chi connectivity index (χ0n) is 10.0. The van der Waals surface area contributed by atoms with Crippen LogP contribution in [0.2, 0.25) is 0 Å². The molecular formula is C12H19ClN2OS. The molecule has 1 aliphatic rings. The van der Waals surface area contributed by atoms with Crippen LogP contribution in [-0.4, -0.2) is 42.7 Å². The predicted molar refractivity (Wildman–Crippen MR) is 71.9 cm³/mol. The van der Waals surface area contributed by atoms with Crippen molar-refractivity contribution >= 4 is 22.9 Å². The number of nitrogens with zero attached hydrogens (tertiary/aromatic N) is 2. The molecule has 0 amide bonds. The van der Waals surface area contributed by atoms with Crippen LogP contribution in [0, 0.1) is 0 Å². The zero-order valence-corrected chi connectivity index (χ0v) is 11.6. The fourth-order valence-electron chi connectivity index (χ4n) is 2.00. The zero-order chi connectivity index (χ0) is 11.9. The van der Waals surface area contributed by atoms with Gasteiger partial charge in [0.05, 0.1) is 23.2 Å². The van der Waals surface area contributed by atoms with Crippen LogP contribution in [0.5, 0.6) is 0 Å². The van der Waals surface area contributed by atoms with Gasteiger partial charge in [-0.2, -0.15) is 0 Å². The fourth-order valence-corrected chi connectivity index (χ4v) is 3.07. The van der Waals surface area contributed by atoms with Gasteiger partial charge in [-0.05, 0) is 19.4 Å². The molecule has 1 saturated heterocycles. The Balaban J connectivity index is 1.67. The van der Waals surface area contributed by atoms with Crippen LogP contribution >= 0.6 is 22.9 Å². The summed E-state index contributed by atoms with van der Waals surface area (Å²) in [4.78, 5) is 6.96. The second-order valence-electron chi connectivity index (χ2n) is 4.28. The fraction of sp³-hybridized carbons (Fsp3) is 0.750. The van der Waals surface area contributed by atoms with Crippen LogP contribution in [0.1, 0.15) is 23.5 Å². The lowest BCUT2D eigenvalue weighted by molar-refractivity contribution is 0.141. The van der Waals surface area contributed by atoms with Gasteiger partial charge in [0.15, 0.2) is 0 Å². The first-order valence-corrected chi connectivity index (χ1v) is 7.59. The van der Waals surface area contributed by atoms with E-state index in [4.69, 9.17) is 16.3 Å². The Hall–Kier alpha value is -0.160. The van der Waals surface area contributed by atoms with E-state index in [9.17, 15) is 0 Å². The van der Waals surface area contributed by atoms with E-state index < -0.39 is 0 Å². The third-order valence-electron chi connectivity index (χ3n) is 2.92. The Bertz CT molecular complexity index is 324. The first-order chi connectivity index (χ1) is 8.38. The molecule has 5 heteroatoms. The maximum absolute atomic E-state index is 5.74. The Morgan fingerprint density at radius 3 is 3.18 bits per heavy atom. The summed E-state index contributed by atoms with van der Waals surface area (Å²) in [7, 11) is 0. The van der Waals surface area contributed by atoms with E-state index in [2.05, 4.69) is 15.3 Å². The average molecular weight is 275 g/mol. The number of aryl methyl sites for hydroxylation is 1. The number of hydrogen-bond acceptors (Lipinski definition) is 4. The van der Waals surface area contributed by atoms with Crippen molar-refractivity contribution in [2.75, 3.05) is 32.8 Å². The van der Waals surface area contributed by atoms with Crippen molar-refractivity contribution in [3.63, 3.8) is 0 Å². The Kier molecular flexibility index (Phi) is 5.71. The highest BCUT2D eigenvalue weighted by Crippen LogP contribution is 2.13. The smallest absolute Gasteiger partial charge is 0.0929 e. The summed E-state index contributed by atoms with van der Waals surface area (Å²) >= 11 is 7.46. The van der Waals surface area contributed by atoms with Gasteiger partial charge in [0.1, 0.15) is 0 Å². The summed E-state index contributed by atoms with van der Waals surface area (Å²) in [5.74, 6) is 0.528. The molecule has 0 saturated carbocycles. The van der Waals surface area contributed by atoms with E-state index in [-0.39, 0.29) is 0 Å². The van der Waals surface area contributed by atoms with Crippen molar-refractivity contribution in [2.45, 2.75) is 25.1 Å². The van der Waals surface area contributed by atoms with Crippen molar-refractivity contribution in [1.82, 2.24) is 9.88 Å². The number of ether oxygens (including phenoxy) is 1. The normalized spacial score (nSPS) is 18.2. The van der Waals surface area contributed by atoms with Crippen LogP contribution < -0.4 is 0 Å². The summed E-state index contributed by atoms with van der Waals surface area (Å²) < 4.78 is 5.44. The number of halogens is 1. The summed E-state index contributed by atoms with van der Waals surface area (Å²) in [6.07, 6.45) is 3.40. The van der Waals surface area contributed by atoms with Gasteiger partial charge in [-0.25, -0.2) is 4.98 Å². The Labute approximate surface area is 112 Å². The predicted octanol–water partition coefficient (Wildman–Crippen LogP) is 2.54. The molecule has 1 aromatic heterocycles. The molecule has 17 heavy (non-hydrogen) atoms. The number of aromatic nitrogens is 1. The highest BCUT2D eigenvalue weighted by atomic mass is 35.5. The minimum atomic E-state index is 0.528. The van der Waals surface area contributed by atoms with E-state index in [1.54, 1.807) is 11.3 Å². The monoisotopic (exact) mass is 274 g/mol. The quantitative estimate of drug-likeness (QED) is 0.772. The highest BCUT2D eigenvalue weighted by Gasteiger charge is 2.09. The van der Waals surface area contributed by atoms with Crippen LogP contribution in [0.3, 0.4) is 0 Å². The van der Waals surface area contributed by atoms with Crippen LogP contribution in [-0.2, 0) is 17.0 Å². The molecule has 1 aromatic rings. The molecule has 2 heterocycles. The Morgan fingerprint density at radius 1 is 1.41 bits per heavy atom. The molecule has 0 N–H and O–H groups in total.